The monoisotopic (exact) mass is 483 g/mol. The van der Waals surface area contributed by atoms with Crippen molar-refractivity contribution in [3.05, 3.63) is 70.7 Å². The molecule has 7 heteroatoms. The van der Waals surface area contributed by atoms with Crippen LogP contribution in [-0.4, -0.2) is 23.3 Å². The number of rotatable bonds is 9. The van der Waals surface area contributed by atoms with E-state index in [4.69, 9.17) is 4.42 Å². The van der Waals surface area contributed by atoms with Crippen molar-refractivity contribution in [1.82, 2.24) is 10.3 Å². The molecule has 0 aliphatic heterocycles. The number of carbonyl (C=O) groups excluding carboxylic acids is 2. The average Bonchev–Trinajstić information content (AvgIpc) is 3.21. The van der Waals surface area contributed by atoms with E-state index in [1.54, 1.807) is 12.3 Å². The quantitative estimate of drug-likeness (QED) is 0.448. The molecule has 0 spiro atoms. The third-order valence-corrected chi connectivity index (χ3v) is 5.29. The summed E-state index contributed by atoms with van der Waals surface area (Å²) in [5.74, 6) is 1.26. The molecule has 0 fully saturated rings. The van der Waals surface area contributed by atoms with Crippen LogP contribution in [0.5, 0.6) is 0 Å². The summed E-state index contributed by atoms with van der Waals surface area (Å²) in [5, 5.41) is 5.36. The van der Waals surface area contributed by atoms with Crippen LogP contribution in [0.1, 0.15) is 31.7 Å². The molecule has 6 nitrogen and oxygen atoms in total. The number of aryl methyl sites for hydroxylation is 1. The number of amides is 2. The molecule has 3 rings (SSSR count). The summed E-state index contributed by atoms with van der Waals surface area (Å²) in [7, 11) is 0. The SMILES string of the molecule is CC(C)Cc1ccc(-c2cnc(CCC(=O)NCC(=O)Nc3ccccc3Br)o2)cc1. The number of aromatic nitrogens is 1. The van der Waals surface area contributed by atoms with Crippen molar-refractivity contribution in [3.8, 4) is 11.3 Å². The standard InChI is InChI=1S/C24H26BrN3O3/c1-16(2)13-17-7-9-18(10-8-17)21-14-27-24(31-21)12-11-22(29)26-15-23(30)28-20-6-4-3-5-19(20)25/h3-10,14,16H,11-13,15H2,1-2H3,(H,26,29)(H,28,30). The highest BCUT2D eigenvalue weighted by molar-refractivity contribution is 9.10. The summed E-state index contributed by atoms with van der Waals surface area (Å²) in [4.78, 5) is 28.3. The van der Waals surface area contributed by atoms with Crippen molar-refractivity contribution in [2.45, 2.75) is 33.1 Å². The fourth-order valence-corrected chi connectivity index (χ4v) is 3.46. The van der Waals surface area contributed by atoms with Crippen LogP contribution in [-0.2, 0) is 22.4 Å². The predicted molar refractivity (Wildman–Crippen MR) is 125 cm³/mol. The Morgan fingerprint density at radius 3 is 2.52 bits per heavy atom. The van der Waals surface area contributed by atoms with Gasteiger partial charge in [0.05, 0.1) is 18.4 Å². The highest BCUT2D eigenvalue weighted by atomic mass is 79.9. The maximum absolute atomic E-state index is 12.1. The van der Waals surface area contributed by atoms with Crippen molar-refractivity contribution in [2.24, 2.45) is 5.92 Å². The molecule has 1 heterocycles. The van der Waals surface area contributed by atoms with Crippen molar-refractivity contribution in [3.63, 3.8) is 0 Å². The number of para-hydroxylation sites is 1. The minimum Gasteiger partial charge on any atom is -0.441 e. The predicted octanol–water partition coefficient (Wildman–Crippen LogP) is 4.99. The number of hydrogen-bond donors (Lipinski definition) is 2. The summed E-state index contributed by atoms with van der Waals surface area (Å²) in [6, 6.07) is 15.5. The molecule has 2 aromatic carbocycles. The molecular weight excluding hydrogens is 458 g/mol. The van der Waals surface area contributed by atoms with Crippen LogP contribution in [0.2, 0.25) is 0 Å². The summed E-state index contributed by atoms with van der Waals surface area (Å²) in [5.41, 5.74) is 2.91. The molecule has 0 aliphatic rings. The molecular formula is C24H26BrN3O3. The lowest BCUT2D eigenvalue weighted by atomic mass is 10.0. The lowest BCUT2D eigenvalue weighted by Crippen LogP contribution is -2.33. The topological polar surface area (TPSA) is 84.2 Å². The molecule has 2 amide bonds. The molecule has 0 aliphatic carbocycles. The smallest absolute Gasteiger partial charge is 0.243 e. The van der Waals surface area contributed by atoms with Crippen molar-refractivity contribution in [2.75, 3.05) is 11.9 Å². The normalized spacial score (nSPS) is 10.8. The lowest BCUT2D eigenvalue weighted by molar-refractivity contribution is -0.124. The number of nitrogens with zero attached hydrogens (tertiary/aromatic N) is 1. The van der Waals surface area contributed by atoms with E-state index >= 15 is 0 Å². The van der Waals surface area contributed by atoms with Gasteiger partial charge in [-0.15, -0.1) is 0 Å². The number of carbonyl (C=O) groups is 2. The minimum absolute atomic E-state index is 0.0975. The second-order valence-corrected chi connectivity index (χ2v) is 8.57. The van der Waals surface area contributed by atoms with Crippen LogP contribution in [0.25, 0.3) is 11.3 Å². The van der Waals surface area contributed by atoms with Crippen LogP contribution < -0.4 is 10.6 Å². The average molecular weight is 484 g/mol. The molecule has 0 bridgehead atoms. The van der Waals surface area contributed by atoms with Gasteiger partial charge >= 0.3 is 0 Å². The summed E-state index contributed by atoms with van der Waals surface area (Å²) < 4.78 is 6.56. The molecule has 0 saturated heterocycles. The zero-order chi connectivity index (χ0) is 22.2. The molecule has 0 saturated carbocycles. The van der Waals surface area contributed by atoms with E-state index in [9.17, 15) is 9.59 Å². The van der Waals surface area contributed by atoms with Gasteiger partial charge < -0.3 is 15.1 Å². The Kier molecular flexibility index (Phi) is 8.00. The van der Waals surface area contributed by atoms with Crippen LogP contribution in [0.15, 0.2) is 63.6 Å². The van der Waals surface area contributed by atoms with Crippen LogP contribution in [0.4, 0.5) is 5.69 Å². The van der Waals surface area contributed by atoms with E-state index in [1.165, 1.54) is 5.56 Å². The first-order valence-electron chi connectivity index (χ1n) is 10.3. The van der Waals surface area contributed by atoms with Gasteiger partial charge in [-0.3, -0.25) is 9.59 Å². The zero-order valence-corrected chi connectivity index (χ0v) is 19.2. The Morgan fingerprint density at radius 1 is 1.06 bits per heavy atom. The third-order valence-electron chi connectivity index (χ3n) is 4.60. The van der Waals surface area contributed by atoms with E-state index in [2.05, 4.69) is 57.5 Å². The molecule has 162 valence electrons. The van der Waals surface area contributed by atoms with Gasteiger partial charge in [0.25, 0.3) is 0 Å². The lowest BCUT2D eigenvalue weighted by Gasteiger charge is -2.08. The van der Waals surface area contributed by atoms with Crippen molar-refractivity contribution < 1.29 is 14.0 Å². The Balaban J connectivity index is 1.44. The highest BCUT2D eigenvalue weighted by Crippen LogP contribution is 2.22. The van der Waals surface area contributed by atoms with Gasteiger partial charge in [0.15, 0.2) is 11.7 Å². The van der Waals surface area contributed by atoms with E-state index in [0.29, 0.717) is 29.7 Å². The van der Waals surface area contributed by atoms with Crippen LogP contribution >= 0.6 is 15.9 Å². The van der Waals surface area contributed by atoms with Crippen LogP contribution in [0, 0.1) is 5.92 Å². The van der Waals surface area contributed by atoms with Gasteiger partial charge in [0.2, 0.25) is 11.8 Å². The van der Waals surface area contributed by atoms with Crippen molar-refractivity contribution in [1.29, 1.82) is 0 Å². The Hall–Kier alpha value is -2.93. The van der Waals surface area contributed by atoms with E-state index in [-0.39, 0.29) is 24.8 Å². The number of oxazole rings is 1. The van der Waals surface area contributed by atoms with Crippen molar-refractivity contribution >= 4 is 33.4 Å². The number of benzene rings is 2. The van der Waals surface area contributed by atoms with Gasteiger partial charge in [-0.1, -0.05) is 50.2 Å². The minimum atomic E-state index is -0.292. The Labute approximate surface area is 190 Å². The maximum atomic E-state index is 12.1. The number of hydrogen-bond acceptors (Lipinski definition) is 4. The number of nitrogens with one attached hydrogen (secondary N) is 2. The number of anilines is 1. The first kappa shape index (κ1) is 22.7. The molecule has 1 aromatic heterocycles. The second-order valence-electron chi connectivity index (χ2n) is 7.72. The van der Waals surface area contributed by atoms with Crippen LogP contribution in [0.3, 0.4) is 0 Å². The fourth-order valence-electron chi connectivity index (χ4n) is 3.08. The highest BCUT2D eigenvalue weighted by Gasteiger charge is 2.11. The number of halogens is 1. The summed E-state index contributed by atoms with van der Waals surface area (Å²) >= 11 is 3.37. The molecule has 31 heavy (non-hydrogen) atoms. The first-order valence-corrected chi connectivity index (χ1v) is 11.0. The second kappa shape index (κ2) is 10.9. The molecule has 2 N–H and O–H groups in total. The maximum Gasteiger partial charge on any atom is 0.243 e. The van der Waals surface area contributed by atoms with E-state index in [1.807, 2.05) is 30.3 Å². The fraction of sp³-hybridized carbons (Fsp3) is 0.292. The van der Waals surface area contributed by atoms with E-state index in [0.717, 1.165) is 16.5 Å². The first-order chi connectivity index (χ1) is 14.9. The Morgan fingerprint density at radius 2 is 1.81 bits per heavy atom. The van der Waals surface area contributed by atoms with Gasteiger partial charge in [-0.05, 0) is 46.0 Å². The Bertz CT molecular complexity index is 1030. The third kappa shape index (κ3) is 7.07. The molecule has 0 atom stereocenters. The molecule has 0 unspecified atom stereocenters. The van der Waals surface area contributed by atoms with Gasteiger partial charge in [0.1, 0.15) is 0 Å². The molecule has 0 radical (unpaired) electrons. The van der Waals surface area contributed by atoms with Gasteiger partial charge in [-0.2, -0.15) is 0 Å². The zero-order valence-electron chi connectivity index (χ0n) is 17.7. The molecule has 3 aromatic rings. The summed E-state index contributed by atoms with van der Waals surface area (Å²) in [6.45, 7) is 4.29. The van der Waals surface area contributed by atoms with Gasteiger partial charge in [0, 0.05) is 22.9 Å². The van der Waals surface area contributed by atoms with Gasteiger partial charge in [-0.25, -0.2) is 4.98 Å². The summed E-state index contributed by atoms with van der Waals surface area (Å²) in [6.07, 6.45) is 3.27. The largest absolute Gasteiger partial charge is 0.441 e. The van der Waals surface area contributed by atoms with E-state index < -0.39 is 0 Å².